The SMILES string of the molecule is CC(C)C(=O)N1CCC(CCC2CCN(C(C)C)CC2)CC1. The summed E-state index contributed by atoms with van der Waals surface area (Å²) in [5, 5.41) is 0. The normalized spacial score (nSPS) is 22.7. The van der Waals surface area contributed by atoms with E-state index in [2.05, 4.69) is 23.6 Å². The lowest BCUT2D eigenvalue weighted by molar-refractivity contribution is -0.135. The van der Waals surface area contributed by atoms with Crippen LogP contribution in [0.2, 0.25) is 0 Å². The van der Waals surface area contributed by atoms with Crippen molar-refractivity contribution in [3.63, 3.8) is 0 Å². The van der Waals surface area contributed by atoms with Crippen LogP contribution in [-0.2, 0) is 4.79 Å². The van der Waals surface area contributed by atoms with Crippen LogP contribution in [0, 0.1) is 17.8 Å². The molecule has 0 aromatic heterocycles. The second kappa shape index (κ2) is 8.33. The Labute approximate surface area is 137 Å². The monoisotopic (exact) mass is 308 g/mol. The molecule has 2 saturated heterocycles. The van der Waals surface area contributed by atoms with Gasteiger partial charge in [0.1, 0.15) is 0 Å². The molecule has 0 aliphatic carbocycles. The number of likely N-dealkylation sites (tertiary alicyclic amines) is 2. The van der Waals surface area contributed by atoms with Crippen molar-refractivity contribution in [3.8, 4) is 0 Å². The topological polar surface area (TPSA) is 23.6 Å². The number of carbonyl (C=O) groups is 1. The first-order valence-corrected chi connectivity index (χ1v) is 9.50. The largest absolute Gasteiger partial charge is 0.342 e. The molecule has 0 N–H and O–H groups in total. The molecule has 22 heavy (non-hydrogen) atoms. The molecule has 1 amide bonds. The smallest absolute Gasteiger partial charge is 0.225 e. The molecule has 0 aromatic rings. The summed E-state index contributed by atoms with van der Waals surface area (Å²) < 4.78 is 0. The first kappa shape index (κ1) is 17.8. The van der Waals surface area contributed by atoms with Gasteiger partial charge >= 0.3 is 0 Å². The van der Waals surface area contributed by atoms with E-state index in [4.69, 9.17) is 0 Å². The maximum absolute atomic E-state index is 12.0. The van der Waals surface area contributed by atoms with E-state index in [0.29, 0.717) is 11.9 Å². The summed E-state index contributed by atoms with van der Waals surface area (Å²) in [6.45, 7) is 13.2. The van der Waals surface area contributed by atoms with Crippen molar-refractivity contribution in [3.05, 3.63) is 0 Å². The van der Waals surface area contributed by atoms with Gasteiger partial charge in [0.25, 0.3) is 0 Å². The van der Waals surface area contributed by atoms with Gasteiger partial charge < -0.3 is 9.80 Å². The van der Waals surface area contributed by atoms with Gasteiger partial charge in [-0.2, -0.15) is 0 Å². The highest BCUT2D eigenvalue weighted by Gasteiger charge is 2.26. The summed E-state index contributed by atoms with van der Waals surface area (Å²) >= 11 is 0. The Morgan fingerprint density at radius 1 is 0.864 bits per heavy atom. The highest BCUT2D eigenvalue weighted by Crippen LogP contribution is 2.29. The van der Waals surface area contributed by atoms with Crippen LogP contribution in [0.3, 0.4) is 0 Å². The van der Waals surface area contributed by atoms with Gasteiger partial charge in [-0.25, -0.2) is 0 Å². The van der Waals surface area contributed by atoms with Gasteiger partial charge in [-0.3, -0.25) is 4.79 Å². The predicted octanol–water partition coefficient (Wildman–Crippen LogP) is 3.78. The van der Waals surface area contributed by atoms with E-state index >= 15 is 0 Å². The average Bonchev–Trinajstić information content (AvgIpc) is 2.53. The molecule has 2 heterocycles. The first-order chi connectivity index (χ1) is 10.5. The molecule has 2 fully saturated rings. The number of hydrogen-bond acceptors (Lipinski definition) is 2. The Bertz CT molecular complexity index is 337. The quantitative estimate of drug-likeness (QED) is 0.771. The van der Waals surface area contributed by atoms with Crippen LogP contribution in [0.25, 0.3) is 0 Å². The van der Waals surface area contributed by atoms with Crippen LogP contribution in [0.15, 0.2) is 0 Å². The second-order valence-corrected chi connectivity index (χ2v) is 8.07. The average molecular weight is 309 g/mol. The van der Waals surface area contributed by atoms with Crippen molar-refractivity contribution in [1.29, 1.82) is 0 Å². The molecule has 0 spiro atoms. The van der Waals surface area contributed by atoms with Crippen molar-refractivity contribution in [2.75, 3.05) is 26.2 Å². The van der Waals surface area contributed by atoms with E-state index in [1.165, 1.54) is 51.6 Å². The van der Waals surface area contributed by atoms with Gasteiger partial charge in [-0.05, 0) is 64.5 Å². The highest BCUT2D eigenvalue weighted by molar-refractivity contribution is 5.78. The zero-order chi connectivity index (χ0) is 16.1. The van der Waals surface area contributed by atoms with E-state index in [-0.39, 0.29) is 5.92 Å². The zero-order valence-electron chi connectivity index (χ0n) is 15.2. The van der Waals surface area contributed by atoms with Gasteiger partial charge in [0.2, 0.25) is 5.91 Å². The fourth-order valence-corrected chi connectivity index (χ4v) is 4.04. The number of piperidine rings is 2. The molecule has 0 radical (unpaired) electrons. The van der Waals surface area contributed by atoms with Crippen LogP contribution in [0.1, 0.15) is 66.2 Å². The molecule has 0 bridgehead atoms. The summed E-state index contributed by atoms with van der Waals surface area (Å²) in [4.78, 5) is 16.7. The summed E-state index contributed by atoms with van der Waals surface area (Å²) in [7, 11) is 0. The van der Waals surface area contributed by atoms with Gasteiger partial charge in [0, 0.05) is 25.0 Å². The summed E-state index contributed by atoms with van der Waals surface area (Å²) in [5.41, 5.74) is 0. The minimum atomic E-state index is 0.155. The molecule has 2 aliphatic heterocycles. The highest BCUT2D eigenvalue weighted by atomic mass is 16.2. The van der Waals surface area contributed by atoms with Gasteiger partial charge in [0.15, 0.2) is 0 Å². The van der Waals surface area contributed by atoms with Crippen molar-refractivity contribution in [1.82, 2.24) is 9.80 Å². The fourth-order valence-electron chi connectivity index (χ4n) is 4.04. The number of carbonyl (C=O) groups excluding carboxylic acids is 1. The molecule has 3 heteroatoms. The lowest BCUT2D eigenvalue weighted by Gasteiger charge is -2.36. The van der Waals surface area contributed by atoms with Crippen LogP contribution in [0.4, 0.5) is 0 Å². The molecule has 2 aliphatic rings. The van der Waals surface area contributed by atoms with Gasteiger partial charge in [0.05, 0.1) is 0 Å². The van der Waals surface area contributed by atoms with Crippen molar-refractivity contribution < 1.29 is 4.79 Å². The third kappa shape index (κ3) is 4.97. The molecule has 0 saturated carbocycles. The maximum Gasteiger partial charge on any atom is 0.225 e. The van der Waals surface area contributed by atoms with E-state index in [1.54, 1.807) is 0 Å². The number of rotatable bonds is 5. The Kier molecular flexibility index (Phi) is 6.73. The summed E-state index contributed by atoms with van der Waals surface area (Å²) in [6.07, 6.45) is 8.03. The van der Waals surface area contributed by atoms with Crippen LogP contribution >= 0.6 is 0 Å². The van der Waals surface area contributed by atoms with E-state index < -0.39 is 0 Å². The number of nitrogens with zero attached hydrogens (tertiary/aromatic N) is 2. The minimum absolute atomic E-state index is 0.155. The third-order valence-electron chi connectivity index (χ3n) is 5.78. The Balaban J connectivity index is 1.62. The lowest BCUT2D eigenvalue weighted by atomic mass is 9.85. The van der Waals surface area contributed by atoms with Crippen molar-refractivity contribution in [2.45, 2.75) is 72.3 Å². The fraction of sp³-hybridized carbons (Fsp3) is 0.947. The zero-order valence-corrected chi connectivity index (χ0v) is 15.2. The van der Waals surface area contributed by atoms with E-state index in [0.717, 1.165) is 24.9 Å². The van der Waals surface area contributed by atoms with Crippen LogP contribution in [-0.4, -0.2) is 47.9 Å². The molecular weight excluding hydrogens is 272 g/mol. The van der Waals surface area contributed by atoms with Crippen molar-refractivity contribution in [2.24, 2.45) is 17.8 Å². The van der Waals surface area contributed by atoms with E-state index in [9.17, 15) is 4.79 Å². The van der Waals surface area contributed by atoms with Crippen LogP contribution in [0.5, 0.6) is 0 Å². The summed E-state index contributed by atoms with van der Waals surface area (Å²) in [6, 6.07) is 0.712. The molecular formula is C19H36N2O. The molecule has 2 rings (SSSR count). The van der Waals surface area contributed by atoms with Gasteiger partial charge in [-0.1, -0.05) is 26.7 Å². The number of hydrogen-bond donors (Lipinski definition) is 0. The minimum Gasteiger partial charge on any atom is -0.342 e. The maximum atomic E-state index is 12.0. The summed E-state index contributed by atoms with van der Waals surface area (Å²) in [5.74, 6) is 2.31. The Morgan fingerprint density at radius 2 is 1.32 bits per heavy atom. The molecule has 0 aromatic carbocycles. The second-order valence-electron chi connectivity index (χ2n) is 8.07. The van der Waals surface area contributed by atoms with Crippen molar-refractivity contribution >= 4 is 5.91 Å². The number of amides is 1. The van der Waals surface area contributed by atoms with Gasteiger partial charge in [-0.15, -0.1) is 0 Å². The Hall–Kier alpha value is -0.570. The molecule has 0 unspecified atom stereocenters. The molecule has 128 valence electrons. The standard InChI is InChI=1S/C19H36N2O/c1-15(2)19(22)21-13-9-18(10-14-21)6-5-17-7-11-20(12-8-17)16(3)4/h15-18H,5-14H2,1-4H3. The molecule has 0 atom stereocenters. The lowest BCUT2D eigenvalue weighted by Crippen LogP contribution is -2.41. The Morgan fingerprint density at radius 3 is 1.73 bits per heavy atom. The third-order valence-corrected chi connectivity index (χ3v) is 5.78. The van der Waals surface area contributed by atoms with Crippen LogP contribution < -0.4 is 0 Å². The predicted molar refractivity (Wildman–Crippen MR) is 92.8 cm³/mol. The molecule has 3 nitrogen and oxygen atoms in total. The first-order valence-electron chi connectivity index (χ1n) is 9.50. The van der Waals surface area contributed by atoms with E-state index in [1.807, 2.05) is 13.8 Å².